The van der Waals surface area contributed by atoms with Crippen LogP contribution in [0.25, 0.3) is 0 Å². The summed E-state index contributed by atoms with van der Waals surface area (Å²) < 4.78 is 5.02. The molecule has 4 heteroatoms. The Labute approximate surface area is 113 Å². The molecule has 1 aliphatic carbocycles. The van der Waals surface area contributed by atoms with E-state index >= 15 is 0 Å². The fraction of sp³-hybridized carbons (Fsp3) is 0.467. The first-order chi connectivity index (χ1) is 9.31. The Morgan fingerprint density at radius 2 is 2.37 bits per heavy atom. The minimum atomic E-state index is -0.294. The summed E-state index contributed by atoms with van der Waals surface area (Å²) in [6.45, 7) is 2.20. The van der Waals surface area contributed by atoms with E-state index < -0.39 is 0 Å². The van der Waals surface area contributed by atoms with E-state index in [9.17, 15) is 4.79 Å². The summed E-state index contributed by atoms with van der Waals surface area (Å²) in [6.07, 6.45) is 10.4. The molecule has 0 saturated carbocycles. The van der Waals surface area contributed by atoms with Crippen molar-refractivity contribution in [2.45, 2.75) is 45.4 Å². The number of hydrazone groups is 1. The first-order valence-corrected chi connectivity index (χ1v) is 6.91. The Hall–Kier alpha value is -1.84. The quantitative estimate of drug-likeness (QED) is 0.626. The van der Waals surface area contributed by atoms with Gasteiger partial charge in [-0.2, -0.15) is 5.10 Å². The van der Waals surface area contributed by atoms with Gasteiger partial charge in [-0.25, -0.2) is 5.43 Å². The molecule has 102 valence electrons. The monoisotopic (exact) mass is 260 g/mol. The van der Waals surface area contributed by atoms with Crippen molar-refractivity contribution < 1.29 is 9.21 Å². The molecule has 4 nitrogen and oxygen atoms in total. The van der Waals surface area contributed by atoms with E-state index in [1.165, 1.54) is 31.1 Å². The van der Waals surface area contributed by atoms with Gasteiger partial charge >= 0.3 is 5.91 Å². The van der Waals surface area contributed by atoms with Crippen molar-refractivity contribution in [2.75, 3.05) is 0 Å². The summed E-state index contributed by atoms with van der Waals surface area (Å²) >= 11 is 0. The van der Waals surface area contributed by atoms with Crippen LogP contribution < -0.4 is 5.43 Å². The number of unbranched alkanes of at least 4 members (excludes halogenated alkanes) is 2. The van der Waals surface area contributed by atoms with Gasteiger partial charge in [0.05, 0.1) is 12.0 Å². The number of allylic oxidation sites excluding steroid dienone is 2. The topological polar surface area (TPSA) is 54.6 Å². The molecule has 0 spiro atoms. The third-order valence-electron chi connectivity index (χ3n) is 3.23. The van der Waals surface area contributed by atoms with Crippen molar-refractivity contribution >= 4 is 11.6 Å². The first-order valence-electron chi connectivity index (χ1n) is 6.91. The average molecular weight is 260 g/mol. The number of hydrogen-bond donors (Lipinski definition) is 1. The number of carbonyl (C=O) groups is 1. The lowest BCUT2D eigenvalue weighted by atomic mass is 10.1. The van der Waals surface area contributed by atoms with E-state index in [4.69, 9.17) is 4.42 Å². The highest BCUT2D eigenvalue weighted by atomic mass is 16.3. The summed E-state index contributed by atoms with van der Waals surface area (Å²) in [5.74, 6) is -0.00355. The Balaban J connectivity index is 1.88. The minimum Gasteiger partial charge on any atom is -0.459 e. The van der Waals surface area contributed by atoms with Gasteiger partial charge in [-0.1, -0.05) is 25.8 Å². The van der Waals surface area contributed by atoms with E-state index in [0.717, 1.165) is 25.0 Å². The number of hydrogen-bond acceptors (Lipinski definition) is 3. The first kappa shape index (κ1) is 13.6. The maximum atomic E-state index is 11.7. The molecule has 0 aromatic carbocycles. The molecule has 0 bridgehead atoms. The van der Waals surface area contributed by atoms with Gasteiger partial charge in [-0.3, -0.25) is 4.79 Å². The van der Waals surface area contributed by atoms with Gasteiger partial charge in [-0.05, 0) is 43.4 Å². The molecule has 1 amide bonds. The highest BCUT2D eigenvalue weighted by molar-refractivity contribution is 6.03. The standard InChI is InChI=1S/C15H20N2O2/c1-2-3-4-7-12-8-5-9-13(12)16-17-15(18)14-10-6-11-19-14/h6,8,10-11H,2-5,7,9H2,1H3,(H,17,18)/b16-13+. The van der Waals surface area contributed by atoms with Crippen LogP contribution in [0, 0.1) is 0 Å². The molecule has 1 N–H and O–H groups in total. The Kier molecular flexibility index (Phi) is 4.95. The fourth-order valence-electron chi connectivity index (χ4n) is 2.18. The molecular weight excluding hydrogens is 240 g/mol. The van der Waals surface area contributed by atoms with Gasteiger partial charge in [0.2, 0.25) is 0 Å². The highest BCUT2D eigenvalue weighted by Crippen LogP contribution is 2.21. The summed E-state index contributed by atoms with van der Waals surface area (Å²) in [7, 11) is 0. The van der Waals surface area contributed by atoms with Crippen molar-refractivity contribution in [1.82, 2.24) is 5.43 Å². The Morgan fingerprint density at radius 1 is 1.47 bits per heavy atom. The zero-order chi connectivity index (χ0) is 13.5. The molecule has 1 aliphatic rings. The van der Waals surface area contributed by atoms with Crippen LogP contribution in [-0.4, -0.2) is 11.6 Å². The zero-order valence-electron chi connectivity index (χ0n) is 11.3. The van der Waals surface area contributed by atoms with Crippen molar-refractivity contribution in [3.8, 4) is 0 Å². The van der Waals surface area contributed by atoms with Crippen molar-refractivity contribution in [2.24, 2.45) is 5.10 Å². The predicted molar refractivity (Wildman–Crippen MR) is 75.1 cm³/mol. The molecule has 0 unspecified atom stereocenters. The van der Waals surface area contributed by atoms with Crippen LogP contribution in [0.5, 0.6) is 0 Å². The van der Waals surface area contributed by atoms with E-state index in [2.05, 4.69) is 23.5 Å². The van der Waals surface area contributed by atoms with Gasteiger partial charge in [0.1, 0.15) is 0 Å². The fourth-order valence-corrected chi connectivity index (χ4v) is 2.18. The second-order valence-corrected chi connectivity index (χ2v) is 4.70. The summed E-state index contributed by atoms with van der Waals surface area (Å²) in [6, 6.07) is 3.32. The van der Waals surface area contributed by atoms with E-state index in [1.54, 1.807) is 12.1 Å². The molecule has 19 heavy (non-hydrogen) atoms. The number of carbonyl (C=O) groups excluding carboxylic acids is 1. The van der Waals surface area contributed by atoms with Crippen molar-refractivity contribution in [3.05, 3.63) is 35.8 Å². The normalized spacial score (nSPS) is 16.7. The van der Waals surface area contributed by atoms with Gasteiger partial charge < -0.3 is 4.42 Å². The van der Waals surface area contributed by atoms with Gasteiger partial charge in [0, 0.05) is 0 Å². The third-order valence-corrected chi connectivity index (χ3v) is 3.23. The SMILES string of the molecule is CCCCCC1=CCC/C1=N\NC(=O)c1ccco1. The van der Waals surface area contributed by atoms with E-state index in [1.807, 2.05) is 0 Å². The molecule has 0 radical (unpaired) electrons. The largest absolute Gasteiger partial charge is 0.459 e. The molecule has 1 aromatic heterocycles. The summed E-state index contributed by atoms with van der Waals surface area (Å²) in [5, 5.41) is 4.23. The molecule has 1 aromatic rings. The Bertz CT molecular complexity index is 472. The maximum absolute atomic E-state index is 11.7. The van der Waals surface area contributed by atoms with Crippen LogP contribution in [0.1, 0.15) is 56.0 Å². The second kappa shape index (κ2) is 6.92. The lowest BCUT2D eigenvalue weighted by molar-refractivity contribution is 0.0927. The van der Waals surface area contributed by atoms with Crippen LogP contribution in [0.3, 0.4) is 0 Å². The zero-order valence-corrected chi connectivity index (χ0v) is 11.3. The van der Waals surface area contributed by atoms with Crippen LogP contribution in [-0.2, 0) is 0 Å². The predicted octanol–water partition coefficient (Wildman–Crippen LogP) is 3.67. The smallest absolute Gasteiger partial charge is 0.307 e. The average Bonchev–Trinajstić information content (AvgIpc) is 3.08. The molecule has 2 rings (SSSR count). The van der Waals surface area contributed by atoms with Crippen LogP contribution >= 0.6 is 0 Å². The summed E-state index contributed by atoms with van der Waals surface area (Å²) in [4.78, 5) is 11.7. The number of nitrogens with one attached hydrogen (secondary N) is 1. The molecule has 1 heterocycles. The molecule has 0 fully saturated rings. The van der Waals surface area contributed by atoms with Crippen molar-refractivity contribution in [1.29, 1.82) is 0 Å². The molecule has 0 aliphatic heterocycles. The van der Waals surface area contributed by atoms with Crippen LogP contribution in [0.4, 0.5) is 0 Å². The Morgan fingerprint density at radius 3 is 3.11 bits per heavy atom. The highest BCUT2D eigenvalue weighted by Gasteiger charge is 2.14. The number of furan rings is 1. The van der Waals surface area contributed by atoms with Crippen molar-refractivity contribution in [3.63, 3.8) is 0 Å². The maximum Gasteiger partial charge on any atom is 0.307 e. The molecule has 0 atom stereocenters. The second-order valence-electron chi connectivity index (χ2n) is 4.70. The third kappa shape index (κ3) is 3.81. The van der Waals surface area contributed by atoms with Gasteiger partial charge in [0.25, 0.3) is 0 Å². The van der Waals surface area contributed by atoms with Crippen LogP contribution in [0.2, 0.25) is 0 Å². The molecule has 0 saturated heterocycles. The van der Waals surface area contributed by atoms with Gasteiger partial charge in [0.15, 0.2) is 5.76 Å². The number of rotatable bonds is 6. The number of nitrogens with zero attached hydrogens (tertiary/aromatic N) is 1. The number of amides is 1. The molecular formula is C15H20N2O2. The van der Waals surface area contributed by atoms with E-state index in [0.29, 0.717) is 5.76 Å². The lowest BCUT2D eigenvalue weighted by Crippen LogP contribution is -2.19. The van der Waals surface area contributed by atoms with Crippen LogP contribution in [0.15, 0.2) is 39.6 Å². The minimum absolute atomic E-state index is 0.291. The van der Waals surface area contributed by atoms with Gasteiger partial charge in [-0.15, -0.1) is 0 Å². The summed E-state index contributed by atoms with van der Waals surface area (Å²) in [5.41, 5.74) is 4.86. The lowest BCUT2D eigenvalue weighted by Gasteiger charge is -2.04. The van der Waals surface area contributed by atoms with E-state index in [-0.39, 0.29) is 5.91 Å².